The summed E-state index contributed by atoms with van der Waals surface area (Å²) in [7, 11) is 2.02. The Bertz CT molecular complexity index is 729. The highest BCUT2D eigenvalue weighted by molar-refractivity contribution is 5.92. The van der Waals surface area contributed by atoms with Gasteiger partial charge in [-0.25, -0.2) is 0 Å². The molecule has 146 valence electrons. The Morgan fingerprint density at radius 1 is 1.30 bits per heavy atom. The molecule has 0 aliphatic carbocycles. The molecule has 0 radical (unpaired) electrons. The quantitative estimate of drug-likeness (QED) is 0.748. The number of aromatic nitrogens is 1. The van der Waals surface area contributed by atoms with Gasteiger partial charge in [0.25, 0.3) is 5.91 Å². The summed E-state index contributed by atoms with van der Waals surface area (Å²) < 4.78 is 11.2. The van der Waals surface area contributed by atoms with Crippen LogP contribution in [0.5, 0.6) is 0 Å². The molecule has 1 aromatic carbocycles. The summed E-state index contributed by atoms with van der Waals surface area (Å²) in [6, 6.07) is 12.0. The molecule has 6 heteroatoms. The maximum Gasteiger partial charge on any atom is 0.276 e. The number of ether oxygens (including phenoxy) is 1. The van der Waals surface area contributed by atoms with Crippen LogP contribution in [-0.2, 0) is 17.8 Å². The number of rotatable bonds is 7. The minimum absolute atomic E-state index is 0.0761. The van der Waals surface area contributed by atoms with Crippen LogP contribution in [0.3, 0.4) is 0 Å². The maximum absolute atomic E-state index is 12.8. The highest BCUT2D eigenvalue weighted by atomic mass is 16.5. The van der Waals surface area contributed by atoms with E-state index >= 15 is 0 Å². The van der Waals surface area contributed by atoms with Crippen LogP contribution < -0.4 is 0 Å². The molecule has 0 spiro atoms. The SMILES string of the molecule is CC(C)CC1CN(C(=O)c2cc(CN(C)Cc3ccccc3)on2)CCO1. The minimum Gasteiger partial charge on any atom is -0.375 e. The number of carbonyl (C=O) groups excluding carboxylic acids is 1. The van der Waals surface area contributed by atoms with Crippen molar-refractivity contribution in [2.45, 2.75) is 39.5 Å². The van der Waals surface area contributed by atoms with E-state index in [9.17, 15) is 4.79 Å². The van der Waals surface area contributed by atoms with E-state index in [2.05, 4.69) is 36.0 Å². The van der Waals surface area contributed by atoms with Crippen molar-refractivity contribution in [3.63, 3.8) is 0 Å². The third-order valence-electron chi connectivity index (χ3n) is 4.66. The van der Waals surface area contributed by atoms with E-state index in [-0.39, 0.29) is 12.0 Å². The monoisotopic (exact) mass is 371 g/mol. The van der Waals surface area contributed by atoms with Crippen LogP contribution in [0.25, 0.3) is 0 Å². The van der Waals surface area contributed by atoms with E-state index in [1.807, 2.05) is 30.1 Å². The van der Waals surface area contributed by atoms with Crippen molar-refractivity contribution in [2.24, 2.45) is 5.92 Å². The highest BCUT2D eigenvalue weighted by Crippen LogP contribution is 2.17. The number of nitrogens with zero attached hydrogens (tertiary/aromatic N) is 3. The first kappa shape index (κ1) is 19.6. The van der Waals surface area contributed by atoms with Crippen LogP contribution in [0.1, 0.15) is 42.1 Å². The fraction of sp³-hybridized carbons (Fsp3) is 0.524. The molecule has 1 aliphatic heterocycles. The second-order valence-corrected chi connectivity index (χ2v) is 7.71. The van der Waals surface area contributed by atoms with Crippen molar-refractivity contribution in [2.75, 3.05) is 26.7 Å². The molecule has 2 aromatic rings. The molecule has 3 rings (SSSR count). The largest absolute Gasteiger partial charge is 0.375 e. The number of amides is 1. The van der Waals surface area contributed by atoms with Gasteiger partial charge in [-0.1, -0.05) is 49.3 Å². The summed E-state index contributed by atoms with van der Waals surface area (Å²) in [4.78, 5) is 16.7. The zero-order valence-electron chi connectivity index (χ0n) is 16.4. The summed E-state index contributed by atoms with van der Waals surface area (Å²) in [6.07, 6.45) is 1.06. The lowest BCUT2D eigenvalue weighted by Crippen LogP contribution is -2.46. The maximum atomic E-state index is 12.8. The Kier molecular flexibility index (Phi) is 6.63. The molecule has 1 saturated heterocycles. The zero-order chi connectivity index (χ0) is 19.2. The molecule has 1 amide bonds. The van der Waals surface area contributed by atoms with Gasteiger partial charge in [0.05, 0.1) is 19.3 Å². The van der Waals surface area contributed by atoms with E-state index < -0.39 is 0 Å². The molecule has 0 bridgehead atoms. The van der Waals surface area contributed by atoms with Crippen molar-refractivity contribution in [3.05, 3.63) is 53.4 Å². The second kappa shape index (κ2) is 9.15. The zero-order valence-corrected chi connectivity index (χ0v) is 16.4. The number of morpholine rings is 1. The lowest BCUT2D eigenvalue weighted by molar-refractivity contribution is -0.0300. The molecular formula is C21H29N3O3. The molecule has 2 heterocycles. The smallest absolute Gasteiger partial charge is 0.276 e. The van der Waals surface area contributed by atoms with Gasteiger partial charge in [0.15, 0.2) is 11.5 Å². The predicted octanol–water partition coefficient (Wildman–Crippen LogP) is 3.19. The average Bonchev–Trinajstić information content (AvgIpc) is 3.10. The lowest BCUT2D eigenvalue weighted by atomic mass is 10.0. The van der Waals surface area contributed by atoms with Crippen molar-refractivity contribution in [1.29, 1.82) is 0 Å². The normalized spacial score (nSPS) is 17.7. The Labute approximate surface area is 161 Å². The number of hydrogen-bond acceptors (Lipinski definition) is 5. The molecule has 1 fully saturated rings. The molecule has 0 N–H and O–H groups in total. The topological polar surface area (TPSA) is 58.8 Å². The Hall–Kier alpha value is -2.18. The van der Waals surface area contributed by atoms with Gasteiger partial charge >= 0.3 is 0 Å². The van der Waals surface area contributed by atoms with Gasteiger partial charge in [-0.3, -0.25) is 9.69 Å². The van der Waals surface area contributed by atoms with Gasteiger partial charge in [0, 0.05) is 25.7 Å². The van der Waals surface area contributed by atoms with Crippen LogP contribution in [0, 0.1) is 5.92 Å². The Morgan fingerprint density at radius 2 is 2.07 bits per heavy atom. The van der Waals surface area contributed by atoms with E-state index in [1.165, 1.54) is 5.56 Å². The predicted molar refractivity (Wildman–Crippen MR) is 103 cm³/mol. The molecule has 1 aromatic heterocycles. The summed E-state index contributed by atoms with van der Waals surface area (Å²) >= 11 is 0. The van der Waals surface area contributed by atoms with Gasteiger partial charge in [-0.15, -0.1) is 0 Å². The third kappa shape index (κ3) is 5.65. The lowest BCUT2D eigenvalue weighted by Gasteiger charge is -2.33. The van der Waals surface area contributed by atoms with Crippen LogP contribution in [0.4, 0.5) is 0 Å². The van der Waals surface area contributed by atoms with E-state index in [1.54, 1.807) is 6.07 Å². The highest BCUT2D eigenvalue weighted by Gasteiger charge is 2.27. The minimum atomic E-state index is -0.0761. The van der Waals surface area contributed by atoms with Crippen LogP contribution in [0.15, 0.2) is 40.9 Å². The van der Waals surface area contributed by atoms with Gasteiger partial charge in [0.2, 0.25) is 0 Å². The Balaban J connectivity index is 1.55. The number of hydrogen-bond donors (Lipinski definition) is 0. The van der Waals surface area contributed by atoms with Crippen LogP contribution >= 0.6 is 0 Å². The van der Waals surface area contributed by atoms with Gasteiger partial charge < -0.3 is 14.2 Å². The fourth-order valence-corrected chi connectivity index (χ4v) is 3.44. The molecule has 27 heavy (non-hydrogen) atoms. The van der Waals surface area contributed by atoms with Crippen LogP contribution in [0.2, 0.25) is 0 Å². The molecule has 1 unspecified atom stereocenters. The molecule has 0 saturated carbocycles. The van der Waals surface area contributed by atoms with Crippen molar-refractivity contribution in [1.82, 2.24) is 15.0 Å². The molecule has 6 nitrogen and oxygen atoms in total. The molecular weight excluding hydrogens is 342 g/mol. The van der Waals surface area contributed by atoms with E-state index in [0.717, 1.165) is 13.0 Å². The van der Waals surface area contributed by atoms with Crippen molar-refractivity contribution in [3.8, 4) is 0 Å². The van der Waals surface area contributed by atoms with E-state index in [4.69, 9.17) is 9.26 Å². The number of benzene rings is 1. The van der Waals surface area contributed by atoms with Gasteiger partial charge in [0.1, 0.15) is 0 Å². The molecule has 1 atom stereocenters. The fourth-order valence-electron chi connectivity index (χ4n) is 3.44. The first-order valence-corrected chi connectivity index (χ1v) is 9.60. The standard InChI is InChI=1S/C21H29N3O3/c1-16(2)11-18-15-24(9-10-26-18)21(25)20-12-19(27-22-20)14-23(3)13-17-7-5-4-6-8-17/h4-8,12,16,18H,9-11,13-15H2,1-3H3. The first-order valence-electron chi connectivity index (χ1n) is 9.60. The van der Waals surface area contributed by atoms with Crippen LogP contribution in [-0.4, -0.2) is 53.7 Å². The van der Waals surface area contributed by atoms with E-state index in [0.29, 0.717) is 43.6 Å². The van der Waals surface area contributed by atoms with Gasteiger partial charge in [-0.2, -0.15) is 0 Å². The van der Waals surface area contributed by atoms with Crippen molar-refractivity contribution >= 4 is 5.91 Å². The average molecular weight is 371 g/mol. The number of carbonyl (C=O) groups is 1. The summed E-state index contributed by atoms with van der Waals surface area (Å²) in [6.45, 7) is 7.55. The second-order valence-electron chi connectivity index (χ2n) is 7.71. The summed E-state index contributed by atoms with van der Waals surface area (Å²) in [5, 5.41) is 4.00. The summed E-state index contributed by atoms with van der Waals surface area (Å²) in [5.41, 5.74) is 1.61. The first-order chi connectivity index (χ1) is 13.0. The molecule has 1 aliphatic rings. The third-order valence-corrected chi connectivity index (χ3v) is 4.66. The summed E-state index contributed by atoms with van der Waals surface area (Å²) in [5.74, 6) is 1.17. The van der Waals surface area contributed by atoms with Crippen molar-refractivity contribution < 1.29 is 14.1 Å². The Morgan fingerprint density at radius 3 is 2.81 bits per heavy atom. The van der Waals surface area contributed by atoms with Gasteiger partial charge in [-0.05, 0) is 24.9 Å².